The molecule has 0 amide bonds. The van der Waals surface area contributed by atoms with Crippen molar-refractivity contribution >= 4 is 65.6 Å². The Bertz CT molecular complexity index is 4700. The summed E-state index contributed by atoms with van der Waals surface area (Å²) in [6, 6.07) is 92.3. The molecule has 11 aromatic carbocycles. The van der Waals surface area contributed by atoms with Gasteiger partial charge in [-0.15, -0.1) is 0 Å². The van der Waals surface area contributed by atoms with E-state index in [1.54, 1.807) is 0 Å². The fraction of sp³-hybridized carbons (Fsp3) is 0. The predicted octanol–water partition coefficient (Wildman–Crippen LogP) is 18.0. The van der Waals surface area contributed by atoms with Crippen molar-refractivity contribution in [2.45, 2.75) is 0 Å². The van der Waals surface area contributed by atoms with E-state index < -0.39 is 0 Å². The van der Waals surface area contributed by atoms with Crippen LogP contribution < -0.4 is 0 Å². The number of aromatic nitrogens is 5. The maximum absolute atomic E-state index is 6.43. The summed E-state index contributed by atoms with van der Waals surface area (Å²) in [4.78, 5) is 16.3. The SMILES string of the molecule is c1ccc(-c2cccc(-c3nc(-c4ccccc4-n4c5cc(-c6ccccc6)ccc5c5c(-c6cccc7c6c6ccccc6n7-c6ccccc6)cccc54)nc(-c4cccc5oc6ccccc6c45)n3)c2)cc1. The molecule has 4 heterocycles. The molecule has 0 spiro atoms. The molecule has 0 atom stereocenters. The summed E-state index contributed by atoms with van der Waals surface area (Å²) in [5.74, 6) is 1.70. The lowest BCUT2D eigenvalue weighted by Gasteiger charge is -2.15. The molecule has 0 saturated heterocycles. The minimum Gasteiger partial charge on any atom is -0.456 e. The summed E-state index contributed by atoms with van der Waals surface area (Å²) in [6.07, 6.45) is 0. The lowest BCUT2D eigenvalue weighted by atomic mass is 9.95. The maximum atomic E-state index is 6.43. The second-order valence-corrected chi connectivity index (χ2v) is 19.1. The van der Waals surface area contributed by atoms with Crippen LogP contribution in [-0.2, 0) is 0 Å². The summed E-state index contributed by atoms with van der Waals surface area (Å²) in [5.41, 5.74) is 17.6. The summed E-state index contributed by atoms with van der Waals surface area (Å²) in [7, 11) is 0. The molecule has 0 aliphatic carbocycles. The van der Waals surface area contributed by atoms with Crippen molar-refractivity contribution in [3.05, 3.63) is 261 Å². The van der Waals surface area contributed by atoms with Gasteiger partial charge in [0, 0.05) is 54.7 Å². The predicted molar refractivity (Wildman–Crippen MR) is 308 cm³/mol. The molecule has 15 aromatic rings. The maximum Gasteiger partial charge on any atom is 0.166 e. The number of rotatable bonds is 8. The van der Waals surface area contributed by atoms with Gasteiger partial charge in [0.2, 0.25) is 0 Å². The molecule has 0 radical (unpaired) electrons. The molecule has 0 fully saturated rings. The van der Waals surface area contributed by atoms with Gasteiger partial charge in [-0.05, 0) is 100 Å². The number of benzene rings is 11. The minimum absolute atomic E-state index is 0.560. The highest BCUT2D eigenvalue weighted by Gasteiger charge is 2.24. The van der Waals surface area contributed by atoms with Gasteiger partial charge in [-0.1, -0.05) is 194 Å². The largest absolute Gasteiger partial charge is 0.456 e. The van der Waals surface area contributed by atoms with Crippen molar-refractivity contribution in [2.75, 3.05) is 0 Å². The summed E-state index contributed by atoms with van der Waals surface area (Å²) in [5, 5.41) is 6.71. The Morgan fingerprint density at radius 2 is 0.760 bits per heavy atom. The first-order valence-corrected chi connectivity index (χ1v) is 25.3. The number of para-hydroxylation sites is 4. The summed E-state index contributed by atoms with van der Waals surface area (Å²) < 4.78 is 11.2. The van der Waals surface area contributed by atoms with Crippen LogP contribution in [0.3, 0.4) is 0 Å². The monoisotopic (exact) mass is 957 g/mol. The molecule has 350 valence electrons. The lowest BCUT2D eigenvalue weighted by molar-refractivity contribution is 0.669. The molecule has 6 heteroatoms. The van der Waals surface area contributed by atoms with E-state index in [4.69, 9.17) is 19.4 Å². The van der Waals surface area contributed by atoms with Gasteiger partial charge in [-0.25, -0.2) is 15.0 Å². The first-order chi connectivity index (χ1) is 37.2. The van der Waals surface area contributed by atoms with Crippen LogP contribution in [0.15, 0.2) is 265 Å². The van der Waals surface area contributed by atoms with E-state index in [0.29, 0.717) is 17.5 Å². The van der Waals surface area contributed by atoms with Gasteiger partial charge in [0.15, 0.2) is 17.5 Å². The molecule has 75 heavy (non-hydrogen) atoms. The molecule has 0 N–H and O–H groups in total. The van der Waals surface area contributed by atoms with Gasteiger partial charge in [-0.3, -0.25) is 0 Å². The molecular weight excluding hydrogens is 915 g/mol. The summed E-state index contributed by atoms with van der Waals surface area (Å²) >= 11 is 0. The highest BCUT2D eigenvalue weighted by atomic mass is 16.3. The van der Waals surface area contributed by atoms with Crippen molar-refractivity contribution in [2.24, 2.45) is 0 Å². The lowest BCUT2D eigenvalue weighted by Crippen LogP contribution is -2.04. The Morgan fingerprint density at radius 1 is 0.267 bits per heavy atom. The molecular formula is C69H43N5O. The van der Waals surface area contributed by atoms with Crippen LogP contribution in [0.4, 0.5) is 0 Å². The number of hydrogen-bond acceptors (Lipinski definition) is 4. The Labute approximate surface area is 431 Å². The summed E-state index contributed by atoms with van der Waals surface area (Å²) in [6.45, 7) is 0. The van der Waals surface area contributed by atoms with Gasteiger partial charge >= 0.3 is 0 Å². The molecule has 4 aromatic heterocycles. The third kappa shape index (κ3) is 6.92. The van der Waals surface area contributed by atoms with E-state index >= 15 is 0 Å². The van der Waals surface area contributed by atoms with Crippen molar-refractivity contribution in [3.8, 4) is 78.9 Å². The minimum atomic E-state index is 0.560. The van der Waals surface area contributed by atoms with E-state index in [1.807, 2.05) is 36.4 Å². The third-order valence-electron chi connectivity index (χ3n) is 14.8. The Morgan fingerprint density at radius 3 is 1.52 bits per heavy atom. The average molecular weight is 958 g/mol. The fourth-order valence-corrected chi connectivity index (χ4v) is 11.5. The van der Waals surface area contributed by atoms with Gasteiger partial charge in [0.1, 0.15) is 11.2 Å². The second-order valence-electron chi connectivity index (χ2n) is 19.1. The molecule has 0 bridgehead atoms. The molecule has 0 unspecified atom stereocenters. The van der Waals surface area contributed by atoms with Crippen molar-refractivity contribution < 1.29 is 4.42 Å². The van der Waals surface area contributed by atoms with Crippen LogP contribution in [0.25, 0.3) is 144 Å². The number of fused-ring (bicyclic) bond motifs is 9. The topological polar surface area (TPSA) is 61.7 Å². The fourth-order valence-electron chi connectivity index (χ4n) is 11.5. The van der Waals surface area contributed by atoms with Crippen LogP contribution in [0, 0.1) is 0 Å². The quantitative estimate of drug-likeness (QED) is 0.152. The van der Waals surface area contributed by atoms with Gasteiger partial charge in [-0.2, -0.15) is 0 Å². The number of hydrogen-bond donors (Lipinski definition) is 0. The van der Waals surface area contributed by atoms with Gasteiger partial charge < -0.3 is 13.6 Å². The van der Waals surface area contributed by atoms with Crippen LogP contribution in [0.5, 0.6) is 0 Å². The molecule has 0 saturated carbocycles. The zero-order chi connectivity index (χ0) is 49.4. The van der Waals surface area contributed by atoms with Crippen LogP contribution in [-0.4, -0.2) is 24.1 Å². The van der Waals surface area contributed by atoms with E-state index in [9.17, 15) is 0 Å². The highest BCUT2D eigenvalue weighted by Crippen LogP contribution is 2.46. The van der Waals surface area contributed by atoms with Crippen molar-refractivity contribution in [3.63, 3.8) is 0 Å². The van der Waals surface area contributed by atoms with E-state index in [0.717, 1.165) is 99.8 Å². The van der Waals surface area contributed by atoms with Crippen molar-refractivity contribution in [1.29, 1.82) is 0 Å². The van der Waals surface area contributed by atoms with E-state index in [1.165, 1.54) is 27.2 Å². The van der Waals surface area contributed by atoms with Gasteiger partial charge in [0.25, 0.3) is 0 Å². The normalized spacial score (nSPS) is 11.7. The standard InChI is InChI=1S/C69H43N5O/c1-4-20-44(21-5-1)46-24-16-25-48(42-46)67-70-68(72-69(71-67)56-33-19-39-63-66(56)55-30-12-15-38-62(55)75-63)54-29-11-14-35-58(54)74-60-37-18-32-51(65(60)53-41-40-47(43-61(53)74)45-22-6-2-7-23-45)50-31-17-36-59-64(50)52-28-10-13-34-57(52)73(59)49-26-8-3-9-27-49/h1-43H. The van der Waals surface area contributed by atoms with E-state index in [2.05, 4.69) is 234 Å². The molecule has 15 rings (SSSR count). The third-order valence-corrected chi connectivity index (χ3v) is 14.8. The van der Waals surface area contributed by atoms with E-state index in [-0.39, 0.29) is 0 Å². The smallest absolute Gasteiger partial charge is 0.166 e. The number of nitrogens with zero attached hydrogens (tertiary/aromatic N) is 5. The second kappa shape index (κ2) is 17.3. The Balaban J connectivity index is 1.00. The van der Waals surface area contributed by atoms with Crippen LogP contribution >= 0.6 is 0 Å². The number of furan rings is 1. The first kappa shape index (κ1) is 42.5. The van der Waals surface area contributed by atoms with Gasteiger partial charge in [0.05, 0.1) is 27.8 Å². The Hall–Kier alpha value is -10.2. The van der Waals surface area contributed by atoms with Crippen LogP contribution in [0.1, 0.15) is 0 Å². The van der Waals surface area contributed by atoms with Crippen molar-refractivity contribution in [1.82, 2.24) is 24.1 Å². The molecule has 6 nitrogen and oxygen atoms in total. The Kier molecular flexibility index (Phi) is 9.78. The first-order valence-electron chi connectivity index (χ1n) is 25.3. The molecule has 0 aliphatic heterocycles. The van der Waals surface area contributed by atoms with Crippen LogP contribution in [0.2, 0.25) is 0 Å². The zero-order valence-corrected chi connectivity index (χ0v) is 40.5. The average Bonchev–Trinajstić information content (AvgIpc) is 4.17. The highest BCUT2D eigenvalue weighted by molar-refractivity contribution is 6.22. The zero-order valence-electron chi connectivity index (χ0n) is 40.5. The molecule has 0 aliphatic rings.